The molecular weight excluding hydrogens is 304 g/mol. The number of benzene rings is 2. The van der Waals surface area contributed by atoms with Gasteiger partial charge in [-0.15, -0.1) is 4.91 Å². The summed E-state index contributed by atoms with van der Waals surface area (Å²) >= 11 is 0. The maximum absolute atomic E-state index is 12.1. The summed E-state index contributed by atoms with van der Waals surface area (Å²) in [4.78, 5) is 24.5. The molecule has 1 heterocycles. The molecule has 3 rings (SSSR count). The first-order valence-corrected chi connectivity index (χ1v) is 8.15. The standard InChI is InChI=1S/C19H20N2O3/c22-19(24-18-4-2-1-3-5-18)17-8-6-15(7-9-17)16-10-12-21(13-11-16)14-20-23/h1-9,16H,10-14H2. The molecule has 0 radical (unpaired) electrons. The van der Waals surface area contributed by atoms with E-state index in [4.69, 9.17) is 4.74 Å². The number of carbonyl (C=O) groups excluding carboxylic acids is 1. The van der Waals surface area contributed by atoms with Crippen LogP contribution >= 0.6 is 0 Å². The molecule has 0 saturated carbocycles. The van der Waals surface area contributed by atoms with Crippen LogP contribution in [0.25, 0.3) is 0 Å². The van der Waals surface area contributed by atoms with Gasteiger partial charge in [0, 0.05) is 13.1 Å². The van der Waals surface area contributed by atoms with Gasteiger partial charge in [0.25, 0.3) is 0 Å². The molecule has 1 fully saturated rings. The van der Waals surface area contributed by atoms with E-state index in [1.165, 1.54) is 5.56 Å². The minimum Gasteiger partial charge on any atom is -0.423 e. The molecule has 0 spiro atoms. The van der Waals surface area contributed by atoms with Crippen molar-refractivity contribution in [3.05, 3.63) is 70.6 Å². The molecule has 0 amide bonds. The van der Waals surface area contributed by atoms with Gasteiger partial charge < -0.3 is 4.74 Å². The van der Waals surface area contributed by atoms with E-state index in [9.17, 15) is 9.70 Å². The van der Waals surface area contributed by atoms with Gasteiger partial charge >= 0.3 is 5.97 Å². The fourth-order valence-corrected chi connectivity index (χ4v) is 3.04. The van der Waals surface area contributed by atoms with E-state index in [-0.39, 0.29) is 12.6 Å². The van der Waals surface area contributed by atoms with Gasteiger partial charge in [0.05, 0.1) is 5.56 Å². The van der Waals surface area contributed by atoms with Crippen molar-refractivity contribution in [3.63, 3.8) is 0 Å². The number of rotatable bonds is 5. The number of esters is 1. The lowest BCUT2D eigenvalue weighted by atomic mass is 9.89. The zero-order valence-electron chi connectivity index (χ0n) is 13.4. The molecule has 0 aromatic heterocycles. The van der Waals surface area contributed by atoms with Crippen LogP contribution < -0.4 is 4.74 Å². The number of carbonyl (C=O) groups is 1. The van der Waals surface area contributed by atoms with Crippen molar-refractivity contribution < 1.29 is 9.53 Å². The fraction of sp³-hybridized carbons (Fsp3) is 0.316. The lowest BCUT2D eigenvalue weighted by molar-refractivity contribution is 0.0734. The topological polar surface area (TPSA) is 59.0 Å². The molecule has 1 aliphatic heterocycles. The number of ether oxygens (including phenoxy) is 1. The molecule has 5 heteroatoms. The molecular formula is C19H20N2O3. The van der Waals surface area contributed by atoms with Crippen LogP contribution in [0.2, 0.25) is 0 Å². The van der Waals surface area contributed by atoms with E-state index in [0.29, 0.717) is 17.2 Å². The zero-order valence-corrected chi connectivity index (χ0v) is 13.4. The summed E-state index contributed by atoms with van der Waals surface area (Å²) in [7, 11) is 0. The van der Waals surface area contributed by atoms with E-state index >= 15 is 0 Å². The predicted octanol–water partition coefficient (Wildman–Crippen LogP) is 3.81. The monoisotopic (exact) mass is 324 g/mol. The van der Waals surface area contributed by atoms with E-state index in [1.54, 1.807) is 12.1 Å². The number of nitrogens with zero attached hydrogens (tertiary/aromatic N) is 2. The maximum Gasteiger partial charge on any atom is 0.343 e. The quantitative estimate of drug-likeness (QED) is 0.477. The van der Waals surface area contributed by atoms with Gasteiger partial charge in [0.15, 0.2) is 0 Å². The normalized spacial score (nSPS) is 15.8. The molecule has 0 bridgehead atoms. The number of para-hydroxylation sites is 1. The van der Waals surface area contributed by atoms with Crippen LogP contribution in [-0.2, 0) is 0 Å². The van der Waals surface area contributed by atoms with Gasteiger partial charge in [-0.3, -0.25) is 4.90 Å². The Kier molecular flexibility index (Phi) is 5.33. The zero-order chi connectivity index (χ0) is 16.8. The van der Waals surface area contributed by atoms with E-state index in [1.807, 2.05) is 42.5 Å². The first-order chi connectivity index (χ1) is 11.8. The van der Waals surface area contributed by atoms with Crippen molar-refractivity contribution in [2.45, 2.75) is 18.8 Å². The maximum atomic E-state index is 12.1. The van der Waals surface area contributed by atoms with Crippen LogP contribution in [0.3, 0.4) is 0 Å². The Morgan fingerprint density at radius 1 is 1.04 bits per heavy atom. The molecule has 24 heavy (non-hydrogen) atoms. The molecule has 124 valence electrons. The van der Waals surface area contributed by atoms with Crippen molar-refractivity contribution in [1.29, 1.82) is 0 Å². The van der Waals surface area contributed by atoms with Gasteiger partial charge in [-0.05, 0) is 48.6 Å². The Hall–Kier alpha value is -2.53. The largest absolute Gasteiger partial charge is 0.423 e. The Morgan fingerprint density at radius 3 is 2.33 bits per heavy atom. The second kappa shape index (κ2) is 7.84. The third-order valence-corrected chi connectivity index (χ3v) is 4.42. The van der Waals surface area contributed by atoms with Crippen LogP contribution in [0.15, 0.2) is 59.8 Å². The number of nitroso groups, excluding NO2 is 1. The number of hydrogen-bond donors (Lipinski definition) is 0. The summed E-state index contributed by atoms with van der Waals surface area (Å²) in [5.41, 5.74) is 1.77. The minimum atomic E-state index is -0.348. The first kappa shape index (κ1) is 16.3. The lowest BCUT2D eigenvalue weighted by Crippen LogP contribution is -2.32. The predicted molar refractivity (Wildman–Crippen MR) is 92.1 cm³/mol. The molecule has 1 aliphatic rings. The van der Waals surface area contributed by atoms with Crippen LogP contribution in [0.1, 0.15) is 34.7 Å². The molecule has 2 aromatic carbocycles. The SMILES string of the molecule is O=NCN1CCC(c2ccc(C(=O)Oc3ccccc3)cc2)CC1. The van der Waals surface area contributed by atoms with E-state index in [0.717, 1.165) is 25.9 Å². The van der Waals surface area contributed by atoms with Crippen molar-refractivity contribution >= 4 is 5.97 Å². The van der Waals surface area contributed by atoms with E-state index < -0.39 is 0 Å². The smallest absolute Gasteiger partial charge is 0.343 e. The Bertz CT molecular complexity index is 678. The molecule has 2 aromatic rings. The van der Waals surface area contributed by atoms with Gasteiger partial charge in [0.1, 0.15) is 12.4 Å². The first-order valence-electron chi connectivity index (χ1n) is 8.15. The Labute approximate surface area is 141 Å². The lowest BCUT2D eigenvalue weighted by Gasteiger charge is -2.30. The van der Waals surface area contributed by atoms with Crippen LogP contribution in [-0.4, -0.2) is 30.6 Å². The summed E-state index contributed by atoms with van der Waals surface area (Å²) in [5.74, 6) is 0.662. The average Bonchev–Trinajstić information content (AvgIpc) is 2.64. The third-order valence-electron chi connectivity index (χ3n) is 4.42. The van der Waals surface area contributed by atoms with E-state index in [2.05, 4.69) is 10.1 Å². The summed E-state index contributed by atoms with van der Waals surface area (Å²) in [6, 6.07) is 16.7. The number of likely N-dealkylation sites (tertiary alicyclic amines) is 1. The molecule has 5 nitrogen and oxygen atoms in total. The molecule has 0 aliphatic carbocycles. The number of piperidine rings is 1. The second-order valence-electron chi connectivity index (χ2n) is 5.99. The van der Waals surface area contributed by atoms with Gasteiger partial charge in [0.2, 0.25) is 0 Å². The highest BCUT2D eigenvalue weighted by Gasteiger charge is 2.20. The highest BCUT2D eigenvalue weighted by atomic mass is 16.5. The molecule has 0 atom stereocenters. The van der Waals surface area contributed by atoms with Gasteiger partial charge in [-0.1, -0.05) is 35.5 Å². The Morgan fingerprint density at radius 2 is 1.71 bits per heavy atom. The molecule has 1 saturated heterocycles. The summed E-state index contributed by atoms with van der Waals surface area (Å²) < 4.78 is 5.34. The fourth-order valence-electron chi connectivity index (χ4n) is 3.04. The summed E-state index contributed by atoms with van der Waals surface area (Å²) in [5, 5.41) is 2.95. The van der Waals surface area contributed by atoms with Crippen molar-refractivity contribution in [3.8, 4) is 5.75 Å². The average molecular weight is 324 g/mol. The van der Waals surface area contributed by atoms with Crippen molar-refractivity contribution in [2.75, 3.05) is 19.8 Å². The van der Waals surface area contributed by atoms with Gasteiger partial charge in [-0.2, -0.15) is 0 Å². The third kappa shape index (κ3) is 4.06. The highest BCUT2D eigenvalue weighted by molar-refractivity contribution is 5.91. The summed E-state index contributed by atoms with van der Waals surface area (Å²) in [6.45, 7) is 2.04. The van der Waals surface area contributed by atoms with Crippen molar-refractivity contribution in [1.82, 2.24) is 4.90 Å². The second-order valence-corrected chi connectivity index (χ2v) is 5.99. The van der Waals surface area contributed by atoms with Crippen LogP contribution in [0, 0.1) is 4.91 Å². The van der Waals surface area contributed by atoms with Crippen LogP contribution in [0.5, 0.6) is 5.75 Å². The Balaban J connectivity index is 1.59. The highest BCUT2D eigenvalue weighted by Crippen LogP contribution is 2.28. The molecule has 0 N–H and O–H groups in total. The van der Waals surface area contributed by atoms with Crippen LogP contribution in [0.4, 0.5) is 0 Å². The van der Waals surface area contributed by atoms with Gasteiger partial charge in [-0.25, -0.2) is 4.79 Å². The summed E-state index contributed by atoms with van der Waals surface area (Å²) in [6.07, 6.45) is 2.01. The van der Waals surface area contributed by atoms with Crippen molar-refractivity contribution in [2.24, 2.45) is 5.18 Å². The number of hydrogen-bond acceptors (Lipinski definition) is 5. The molecule has 0 unspecified atom stereocenters. The minimum absolute atomic E-state index is 0.275.